The van der Waals surface area contributed by atoms with Crippen LogP contribution in [0, 0.1) is 0 Å². The first-order chi connectivity index (χ1) is 23.8. The van der Waals surface area contributed by atoms with Crippen LogP contribution >= 0.6 is 0 Å². The first-order valence-electron chi connectivity index (χ1n) is 14.4. The first kappa shape index (κ1) is 40.8. The molecule has 0 amide bonds. The van der Waals surface area contributed by atoms with Crippen molar-refractivity contribution in [1.29, 1.82) is 0 Å². The van der Waals surface area contributed by atoms with E-state index in [2.05, 4.69) is 20.5 Å². The quantitative estimate of drug-likeness (QED) is 0.123. The van der Waals surface area contributed by atoms with Crippen molar-refractivity contribution < 1.29 is 105 Å². The minimum atomic E-state index is -5.38. The fraction of sp³-hybridized carbons (Fsp3) is 0.0588. The number of rotatable bonds is 9. The maximum atomic E-state index is 12.6. The number of fused-ring (bicyclic) bond motifs is 2. The van der Waals surface area contributed by atoms with Gasteiger partial charge in [0.2, 0.25) is 0 Å². The van der Waals surface area contributed by atoms with Gasteiger partial charge in [-0.1, -0.05) is 60.7 Å². The molecule has 0 aliphatic carbocycles. The number of azo groups is 2. The number of benzene rings is 6. The van der Waals surface area contributed by atoms with Crippen molar-refractivity contribution in [3.05, 3.63) is 97.1 Å². The van der Waals surface area contributed by atoms with Gasteiger partial charge in [0.1, 0.15) is 66.0 Å². The second-order valence-electron chi connectivity index (χ2n) is 10.7. The predicted octanol–water partition coefficient (Wildman–Crippen LogP) is 1.74. The molecule has 0 unspecified atom stereocenters. The number of phenolic OH excluding ortho intramolecular Hbond substituents is 2. The summed E-state index contributed by atoms with van der Waals surface area (Å²) in [6.07, 6.45) is 0. The Balaban J connectivity index is 0.00000302. The van der Waals surface area contributed by atoms with Gasteiger partial charge in [-0.05, 0) is 47.2 Å². The van der Waals surface area contributed by atoms with Crippen molar-refractivity contribution in [2.75, 3.05) is 14.2 Å². The number of nitrogens with zero attached hydrogens (tertiary/aromatic N) is 4. The van der Waals surface area contributed by atoms with E-state index in [9.17, 15) is 36.2 Å². The van der Waals surface area contributed by atoms with Gasteiger partial charge in [-0.15, -0.1) is 20.5 Å². The summed E-state index contributed by atoms with van der Waals surface area (Å²) in [7, 11) is -8.35. The van der Waals surface area contributed by atoms with E-state index < -0.39 is 41.2 Å². The van der Waals surface area contributed by atoms with Crippen LogP contribution in [-0.2, 0) is 20.2 Å². The molecule has 0 spiro atoms. The molecule has 0 heterocycles. The monoisotopic (exact) mass is 758 g/mol. The number of phenols is 2. The third kappa shape index (κ3) is 8.31. The fourth-order valence-corrected chi connectivity index (χ4v) is 6.71. The molecule has 0 aliphatic rings. The van der Waals surface area contributed by atoms with E-state index >= 15 is 0 Å². The summed E-state index contributed by atoms with van der Waals surface area (Å²) >= 11 is 0. The predicted molar refractivity (Wildman–Crippen MR) is 180 cm³/mol. The molecule has 0 aromatic heterocycles. The zero-order chi connectivity index (χ0) is 35.8. The summed E-state index contributed by atoms with van der Waals surface area (Å²) in [6.45, 7) is 0. The molecule has 52 heavy (non-hydrogen) atoms. The van der Waals surface area contributed by atoms with E-state index in [4.69, 9.17) is 9.47 Å². The van der Waals surface area contributed by atoms with Crippen LogP contribution in [0.5, 0.6) is 23.0 Å². The number of ether oxygens (including phenoxy) is 2. The Bertz CT molecular complexity index is 2440. The molecule has 6 aromatic rings. The van der Waals surface area contributed by atoms with Gasteiger partial charge in [-0.3, -0.25) is 0 Å². The van der Waals surface area contributed by atoms with Gasteiger partial charge in [0.05, 0.1) is 24.0 Å². The largest absolute Gasteiger partial charge is 1.00 e. The van der Waals surface area contributed by atoms with Crippen molar-refractivity contribution >= 4 is 64.5 Å². The zero-order valence-electron chi connectivity index (χ0n) is 28.0. The fourth-order valence-electron chi connectivity index (χ4n) is 5.32. The molecule has 18 heteroatoms. The summed E-state index contributed by atoms with van der Waals surface area (Å²) in [5, 5.41) is 39.7. The molecule has 0 aliphatic heterocycles. The maximum absolute atomic E-state index is 12.6. The summed E-state index contributed by atoms with van der Waals surface area (Å²) in [5.74, 6) is -0.798. The first-order valence-corrected chi connectivity index (χ1v) is 17.2. The van der Waals surface area contributed by atoms with Crippen LogP contribution in [0.25, 0.3) is 32.7 Å². The number of methoxy groups -OCH3 is 2. The van der Waals surface area contributed by atoms with E-state index in [0.717, 1.165) is 35.0 Å². The Morgan fingerprint density at radius 1 is 0.538 bits per heavy atom. The third-order valence-electron chi connectivity index (χ3n) is 7.67. The molecule has 2 N–H and O–H groups in total. The molecule has 0 saturated heterocycles. The van der Waals surface area contributed by atoms with Gasteiger partial charge in [0, 0.05) is 21.9 Å². The van der Waals surface area contributed by atoms with Crippen molar-refractivity contribution in [2.24, 2.45) is 20.5 Å². The van der Waals surface area contributed by atoms with Gasteiger partial charge < -0.3 is 28.8 Å². The molecule has 6 aromatic carbocycles. The van der Waals surface area contributed by atoms with Crippen LogP contribution in [0.4, 0.5) is 22.7 Å². The minimum Gasteiger partial charge on any atom is -0.744 e. The van der Waals surface area contributed by atoms with Gasteiger partial charge in [-0.2, -0.15) is 0 Å². The molecular formula is C34H24N4Na2O10S2. The second kappa shape index (κ2) is 16.4. The van der Waals surface area contributed by atoms with E-state index in [0.29, 0.717) is 10.8 Å². The van der Waals surface area contributed by atoms with Gasteiger partial charge >= 0.3 is 59.1 Å². The Morgan fingerprint density at radius 2 is 0.904 bits per heavy atom. The summed E-state index contributed by atoms with van der Waals surface area (Å²) in [5.41, 5.74) is -1.48. The molecule has 0 radical (unpaired) electrons. The van der Waals surface area contributed by atoms with Gasteiger partial charge in [0.25, 0.3) is 0 Å². The van der Waals surface area contributed by atoms with Crippen molar-refractivity contribution in [2.45, 2.75) is 9.79 Å². The van der Waals surface area contributed by atoms with E-state index in [1.807, 2.05) is 0 Å². The molecular weight excluding hydrogens is 735 g/mol. The summed E-state index contributed by atoms with van der Waals surface area (Å²) in [6, 6.07) is 23.7. The normalized spacial score (nSPS) is 11.8. The molecule has 254 valence electrons. The Morgan fingerprint density at radius 3 is 1.25 bits per heavy atom. The second-order valence-corrected chi connectivity index (χ2v) is 13.4. The summed E-state index contributed by atoms with van der Waals surface area (Å²) < 4.78 is 86.6. The maximum Gasteiger partial charge on any atom is 1.00 e. The SMILES string of the molecule is COc1cc(-c2cc(OC)c(N=Nc3c(O)ccc4ccccc34)cc2S(=O)(=O)[O-])c(S(=O)(=O)[O-])cc1N=Nc1c(O)ccc2ccccc12.[Na+].[Na+]. The van der Waals surface area contributed by atoms with Crippen LogP contribution in [0.2, 0.25) is 0 Å². The molecule has 0 atom stereocenters. The van der Waals surface area contributed by atoms with Gasteiger partial charge in [0.15, 0.2) is 0 Å². The average molecular weight is 759 g/mol. The van der Waals surface area contributed by atoms with Crippen molar-refractivity contribution in [3.63, 3.8) is 0 Å². The van der Waals surface area contributed by atoms with E-state index in [1.165, 1.54) is 26.4 Å². The van der Waals surface area contributed by atoms with Crippen LogP contribution in [-0.4, -0.2) is 50.4 Å². The molecule has 0 saturated carbocycles. The molecule has 0 bridgehead atoms. The van der Waals surface area contributed by atoms with E-state index in [1.54, 1.807) is 60.7 Å². The van der Waals surface area contributed by atoms with E-state index in [-0.39, 0.29) is 105 Å². The number of aromatic hydroxyl groups is 2. The molecule has 14 nitrogen and oxygen atoms in total. The minimum absolute atomic E-state index is 0. The number of hydrogen-bond acceptors (Lipinski definition) is 14. The average Bonchev–Trinajstić information content (AvgIpc) is 3.09. The summed E-state index contributed by atoms with van der Waals surface area (Å²) in [4.78, 5) is -1.92. The Kier molecular flexibility index (Phi) is 12.9. The van der Waals surface area contributed by atoms with Crippen LogP contribution in [0.3, 0.4) is 0 Å². The van der Waals surface area contributed by atoms with Crippen LogP contribution in [0.15, 0.2) is 127 Å². The number of hydrogen-bond donors (Lipinski definition) is 2. The zero-order valence-corrected chi connectivity index (χ0v) is 33.6. The molecule has 6 rings (SSSR count). The van der Waals surface area contributed by atoms with Crippen LogP contribution in [0.1, 0.15) is 0 Å². The Labute approximate surface area is 341 Å². The Hall–Kier alpha value is -3.94. The van der Waals surface area contributed by atoms with Crippen LogP contribution < -0.4 is 68.6 Å². The smallest absolute Gasteiger partial charge is 0.744 e. The standard InChI is InChI=1S/C34H26N4O10S2.2Na/c1-47-29-15-23(31(49(41,42)43)17-25(29)35-37-33-21-9-5-3-7-19(21)11-13-27(33)39)24-16-30(48-2)26(18-32(24)50(44,45)46)36-38-34-22-10-6-4-8-20(22)12-14-28(34)40;;/h3-18,39-40H,1-2H3,(H,41,42,43)(H,44,45,46);;/q;2*+1/p-2. The van der Waals surface area contributed by atoms with Crippen molar-refractivity contribution in [1.82, 2.24) is 0 Å². The third-order valence-corrected chi connectivity index (χ3v) is 9.42. The van der Waals surface area contributed by atoms with Gasteiger partial charge in [-0.25, -0.2) is 16.8 Å². The topological polar surface area (TPSA) is 223 Å². The molecule has 0 fully saturated rings. The van der Waals surface area contributed by atoms with Crippen molar-refractivity contribution in [3.8, 4) is 34.1 Å².